The second-order valence-electron chi connectivity index (χ2n) is 7.18. The average Bonchev–Trinajstić information content (AvgIpc) is 2.65. The van der Waals surface area contributed by atoms with E-state index >= 15 is 0 Å². The zero-order chi connectivity index (χ0) is 18.9. The van der Waals surface area contributed by atoms with Crippen LogP contribution in [0.2, 0.25) is 5.02 Å². The molecule has 1 saturated heterocycles. The standard InChI is InChI=1S/C20H33ClN4O/c1-15(2)25-11-5-6-16(14-25)13-24-20(22-3)23-10-9-17-7-8-18(26-4)12-19(17)21/h7-8,12,15-16H,5-6,9-11,13-14H2,1-4H3,(H2,22,23,24). The number of ether oxygens (including phenoxy) is 1. The minimum Gasteiger partial charge on any atom is -0.497 e. The van der Waals surface area contributed by atoms with Crippen molar-refractivity contribution in [2.75, 3.05) is 40.3 Å². The lowest BCUT2D eigenvalue weighted by Crippen LogP contribution is -2.46. The summed E-state index contributed by atoms with van der Waals surface area (Å²) in [6.07, 6.45) is 3.41. The molecular formula is C20H33ClN4O. The maximum atomic E-state index is 6.30. The Hall–Kier alpha value is -1.46. The quantitative estimate of drug-likeness (QED) is 0.563. The van der Waals surface area contributed by atoms with E-state index in [1.807, 2.05) is 25.2 Å². The summed E-state index contributed by atoms with van der Waals surface area (Å²) in [7, 11) is 3.46. The van der Waals surface area contributed by atoms with Crippen molar-refractivity contribution >= 4 is 17.6 Å². The molecule has 0 aliphatic carbocycles. The second-order valence-corrected chi connectivity index (χ2v) is 7.59. The Kier molecular flexibility index (Phi) is 8.52. The number of likely N-dealkylation sites (tertiary alicyclic amines) is 1. The zero-order valence-electron chi connectivity index (χ0n) is 16.5. The van der Waals surface area contributed by atoms with Gasteiger partial charge in [-0.25, -0.2) is 0 Å². The monoisotopic (exact) mass is 380 g/mol. The number of guanidine groups is 1. The van der Waals surface area contributed by atoms with Gasteiger partial charge in [-0.1, -0.05) is 17.7 Å². The minimum atomic E-state index is 0.629. The molecule has 146 valence electrons. The van der Waals surface area contributed by atoms with Gasteiger partial charge in [-0.15, -0.1) is 0 Å². The summed E-state index contributed by atoms with van der Waals surface area (Å²) >= 11 is 6.30. The number of rotatable bonds is 7. The smallest absolute Gasteiger partial charge is 0.190 e. The molecule has 1 aromatic rings. The first kappa shape index (κ1) is 20.8. The molecule has 0 bridgehead atoms. The number of piperidine rings is 1. The molecule has 0 aromatic heterocycles. The molecule has 5 nitrogen and oxygen atoms in total. The number of aliphatic imine (C=N–C) groups is 1. The van der Waals surface area contributed by atoms with Gasteiger partial charge < -0.3 is 20.3 Å². The molecule has 1 heterocycles. The maximum absolute atomic E-state index is 6.30. The van der Waals surface area contributed by atoms with E-state index in [0.29, 0.717) is 12.0 Å². The lowest BCUT2D eigenvalue weighted by Gasteiger charge is -2.35. The van der Waals surface area contributed by atoms with E-state index in [-0.39, 0.29) is 0 Å². The van der Waals surface area contributed by atoms with Crippen molar-refractivity contribution in [1.82, 2.24) is 15.5 Å². The van der Waals surface area contributed by atoms with Crippen molar-refractivity contribution in [2.24, 2.45) is 10.9 Å². The first-order valence-electron chi connectivity index (χ1n) is 9.54. The van der Waals surface area contributed by atoms with E-state index in [1.54, 1.807) is 7.11 Å². The molecule has 0 spiro atoms. The van der Waals surface area contributed by atoms with Crippen molar-refractivity contribution in [3.05, 3.63) is 28.8 Å². The second kappa shape index (κ2) is 10.6. The number of nitrogens with one attached hydrogen (secondary N) is 2. The van der Waals surface area contributed by atoms with Gasteiger partial charge in [-0.05, 0) is 63.3 Å². The van der Waals surface area contributed by atoms with Crippen LogP contribution in [0.5, 0.6) is 5.75 Å². The van der Waals surface area contributed by atoms with Gasteiger partial charge in [0, 0.05) is 37.7 Å². The fourth-order valence-electron chi connectivity index (χ4n) is 3.37. The predicted octanol–water partition coefficient (Wildman–Crippen LogP) is 3.18. The Bertz CT molecular complexity index is 591. The summed E-state index contributed by atoms with van der Waals surface area (Å²) in [6.45, 7) is 8.70. The van der Waals surface area contributed by atoms with Crippen molar-refractivity contribution in [2.45, 2.75) is 39.2 Å². The number of nitrogens with zero attached hydrogens (tertiary/aromatic N) is 2. The predicted molar refractivity (Wildman–Crippen MR) is 111 cm³/mol. The van der Waals surface area contributed by atoms with Crippen LogP contribution in [0.1, 0.15) is 32.3 Å². The first-order chi connectivity index (χ1) is 12.5. The Morgan fingerprint density at radius 1 is 1.38 bits per heavy atom. The molecule has 0 radical (unpaired) electrons. The van der Waals surface area contributed by atoms with Gasteiger partial charge in [0.2, 0.25) is 0 Å². The third kappa shape index (κ3) is 6.36. The molecule has 1 aliphatic heterocycles. The van der Waals surface area contributed by atoms with Crippen LogP contribution in [-0.4, -0.2) is 57.2 Å². The molecule has 6 heteroatoms. The van der Waals surface area contributed by atoms with Gasteiger partial charge in [-0.2, -0.15) is 0 Å². The van der Waals surface area contributed by atoms with E-state index in [0.717, 1.165) is 41.8 Å². The van der Waals surface area contributed by atoms with Crippen molar-refractivity contribution < 1.29 is 4.74 Å². The van der Waals surface area contributed by atoms with Crippen molar-refractivity contribution in [3.63, 3.8) is 0 Å². The number of hydrogen-bond donors (Lipinski definition) is 2. The summed E-state index contributed by atoms with van der Waals surface area (Å²) in [6, 6.07) is 6.44. The van der Waals surface area contributed by atoms with Crippen LogP contribution in [0.4, 0.5) is 0 Å². The lowest BCUT2D eigenvalue weighted by atomic mass is 9.97. The number of methoxy groups -OCH3 is 1. The molecule has 0 amide bonds. The number of halogens is 1. The largest absolute Gasteiger partial charge is 0.497 e. The normalized spacial score (nSPS) is 18.8. The van der Waals surface area contributed by atoms with Crippen LogP contribution < -0.4 is 15.4 Å². The molecule has 1 fully saturated rings. The van der Waals surface area contributed by atoms with Crippen LogP contribution in [-0.2, 0) is 6.42 Å². The Morgan fingerprint density at radius 3 is 2.85 bits per heavy atom. The maximum Gasteiger partial charge on any atom is 0.190 e. The van der Waals surface area contributed by atoms with Crippen LogP contribution in [0.25, 0.3) is 0 Å². The van der Waals surface area contributed by atoms with Crippen LogP contribution in [0, 0.1) is 5.92 Å². The van der Waals surface area contributed by atoms with E-state index in [2.05, 4.69) is 34.4 Å². The SMILES string of the molecule is CN=C(NCCc1ccc(OC)cc1Cl)NCC1CCCN(C(C)C)C1. The molecule has 1 aliphatic rings. The highest BCUT2D eigenvalue weighted by Crippen LogP contribution is 2.22. The minimum absolute atomic E-state index is 0.629. The zero-order valence-corrected chi connectivity index (χ0v) is 17.3. The van der Waals surface area contributed by atoms with E-state index in [4.69, 9.17) is 16.3 Å². The summed E-state index contributed by atoms with van der Waals surface area (Å²) in [5.74, 6) is 2.32. The van der Waals surface area contributed by atoms with Crippen molar-refractivity contribution in [3.8, 4) is 5.75 Å². The Labute approximate surface area is 163 Å². The summed E-state index contributed by atoms with van der Waals surface area (Å²) < 4.78 is 5.19. The molecule has 2 N–H and O–H groups in total. The Morgan fingerprint density at radius 2 is 2.19 bits per heavy atom. The highest BCUT2D eigenvalue weighted by Gasteiger charge is 2.21. The van der Waals surface area contributed by atoms with Gasteiger partial charge in [0.15, 0.2) is 5.96 Å². The molecule has 1 atom stereocenters. The summed E-state index contributed by atoms with van der Waals surface area (Å²) in [5, 5.41) is 7.60. The summed E-state index contributed by atoms with van der Waals surface area (Å²) in [4.78, 5) is 6.90. The molecule has 1 aromatic carbocycles. The molecular weight excluding hydrogens is 348 g/mol. The van der Waals surface area contributed by atoms with Gasteiger partial charge in [0.05, 0.1) is 7.11 Å². The molecule has 0 saturated carbocycles. The fourth-order valence-corrected chi connectivity index (χ4v) is 3.63. The number of benzene rings is 1. The molecule has 1 unspecified atom stereocenters. The van der Waals surface area contributed by atoms with Gasteiger partial charge in [-0.3, -0.25) is 4.99 Å². The first-order valence-corrected chi connectivity index (χ1v) is 9.92. The van der Waals surface area contributed by atoms with Gasteiger partial charge in [0.1, 0.15) is 5.75 Å². The molecule has 2 rings (SSSR count). The van der Waals surface area contributed by atoms with Crippen molar-refractivity contribution in [1.29, 1.82) is 0 Å². The van der Waals surface area contributed by atoms with Crippen LogP contribution >= 0.6 is 11.6 Å². The highest BCUT2D eigenvalue weighted by molar-refractivity contribution is 6.31. The lowest BCUT2D eigenvalue weighted by molar-refractivity contribution is 0.141. The topological polar surface area (TPSA) is 48.9 Å². The van der Waals surface area contributed by atoms with Gasteiger partial charge in [0.25, 0.3) is 0 Å². The number of hydrogen-bond acceptors (Lipinski definition) is 3. The molecule has 26 heavy (non-hydrogen) atoms. The third-order valence-corrected chi connectivity index (χ3v) is 5.36. The fraction of sp³-hybridized carbons (Fsp3) is 0.650. The third-order valence-electron chi connectivity index (χ3n) is 5.01. The summed E-state index contributed by atoms with van der Waals surface area (Å²) in [5.41, 5.74) is 1.11. The van der Waals surface area contributed by atoms with E-state index in [9.17, 15) is 0 Å². The van der Waals surface area contributed by atoms with E-state index < -0.39 is 0 Å². The van der Waals surface area contributed by atoms with E-state index in [1.165, 1.54) is 25.9 Å². The van der Waals surface area contributed by atoms with Gasteiger partial charge >= 0.3 is 0 Å². The highest BCUT2D eigenvalue weighted by atomic mass is 35.5. The Balaban J connectivity index is 1.74. The van der Waals surface area contributed by atoms with Crippen LogP contribution in [0.3, 0.4) is 0 Å². The van der Waals surface area contributed by atoms with Crippen LogP contribution in [0.15, 0.2) is 23.2 Å². The average molecular weight is 381 g/mol.